The molecule has 1 aromatic heterocycles. The molecule has 0 aliphatic carbocycles. The van der Waals surface area contributed by atoms with Gasteiger partial charge in [0.25, 0.3) is 0 Å². The van der Waals surface area contributed by atoms with Crippen LogP contribution in [0.25, 0.3) is 11.0 Å². The van der Waals surface area contributed by atoms with Crippen molar-refractivity contribution in [1.82, 2.24) is 0 Å². The Balaban J connectivity index is 1.74. The third kappa shape index (κ3) is 5.19. The number of ether oxygens (including phenoxy) is 1. The van der Waals surface area contributed by atoms with Crippen LogP contribution >= 0.6 is 0 Å². The number of furan rings is 1. The molecular weight excluding hydrogens is 486 g/mol. The summed E-state index contributed by atoms with van der Waals surface area (Å²) < 4.78 is 11.6. The molecule has 0 saturated heterocycles. The van der Waals surface area contributed by atoms with Crippen LogP contribution in [0.15, 0.2) is 70.3 Å². The van der Waals surface area contributed by atoms with Gasteiger partial charge in [0.1, 0.15) is 40.3 Å². The summed E-state index contributed by atoms with van der Waals surface area (Å²) >= 11 is 0. The van der Waals surface area contributed by atoms with E-state index in [1.54, 1.807) is 0 Å². The number of fused-ring (bicyclic) bond motifs is 1. The number of rotatable bonds is 9. The van der Waals surface area contributed by atoms with Gasteiger partial charge in [0.15, 0.2) is 11.9 Å². The number of nitrogens with two attached hydrogens (primary N) is 1. The number of ketones is 1. The standard InChI is InChI=1S/C25H21N3O9/c26-25(34)27-21-17-8-6-15(36-23(19(32)11-29)12-1-3-13(28-35)4-2-12)10-20(17)37-24(21)22(33)16-7-5-14(30)9-18(16)31/h1-10,19,23,29-32H,11H2,(H3,26,27,34). The molecule has 2 atom stereocenters. The highest BCUT2D eigenvalue weighted by atomic mass is 16.5. The smallest absolute Gasteiger partial charge is 0.316 e. The number of aliphatic hydroxyl groups is 2. The lowest BCUT2D eigenvalue weighted by molar-refractivity contribution is -0.00186. The number of benzene rings is 3. The zero-order chi connectivity index (χ0) is 26.7. The fraction of sp³-hybridized carbons (Fsp3) is 0.120. The molecule has 12 heteroatoms. The van der Waals surface area contributed by atoms with Gasteiger partial charge >= 0.3 is 6.03 Å². The Morgan fingerprint density at radius 2 is 1.78 bits per heavy atom. The maximum Gasteiger partial charge on any atom is 0.316 e. The molecule has 37 heavy (non-hydrogen) atoms. The lowest BCUT2D eigenvalue weighted by Gasteiger charge is -2.23. The van der Waals surface area contributed by atoms with Gasteiger partial charge in [-0.05, 0) is 47.1 Å². The molecule has 4 rings (SSSR count). The number of anilines is 1. The van der Waals surface area contributed by atoms with Crippen molar-refractivity contribution in [3.05, 3.63) is 82.5 Å². The number of carbonyl (C=O) groups excluding carboxylic acids is 2. The number of nitroso groups, excluding NO2 is 1. The number of primary amides is 1. The summed E-state index contributed by atoms with van der Waals surface area (Å²) in [6.45, 7) is -0.622. The zero-order valence-corrected chi connectivity index (χ0v) is 19.0. The van der Waals surface area contributed by atoms with E-state index in [0.717, 1.165) is 6.07 Å². The number of nitrogens with zero attached hydrogens (tertiary/aromatic N) is 1. The minimum absolute atomic E-state index is 0.0459. The first-order valence-corrected chi connectivity index (χ1v) is 10.8. The van der Waals surface area contributed by atoms with Crippen molar-refractivity contribution in [2.24, 2.45) is 10.9 Å². The van der Waals surface area contributed by atoms with Crippen LogP contribution in [0, 0.1) is 4.91 Å². The second-order valence-electron chi connectivity index (χ2n) is 7.96. The van der Waals surface area contributed by atoms with Gasteiger partial charge in [0, 0.05) is 17.5 Å². The number of nitrogens with one attached hydrogen (secondary N) is 1. The molecule has 0 aliphatic heterocycles. The van der Waals surface area contributed by atoms with Crippen LogP contribution in [0.2, 0.25) is 0 Å². The van der Waals surface area contributed by atoms with E-state index in [4.69, 9.17) is 14.9 Å². The first-order valence-electron chi connectivity index (χ1n) is 10.8. The monoisotopic (exact) mass is 507 g/mol. The molecule has 3 aromatic carbocycles. The summed E-state index contributed by atoms with van der Waals surface area (Å²) in [5, 5.41) is 44.9. The van der Waals surface area contributed by atoms with Crippen LogP contribution in [0.3, 0.4) is 0 Å². The number of phenols is 2. The van der Waals surface area contributed by atoms with Gasteiger partial charge in [-0.3, -0.25) is 4.79 Å². The Hall–Kier alpha value is -4.94. The normalized spacial score (nSPS) is 12.6. The van der Waals surface area contributed by atoms with Crippen LogP contribution in [-0.2, 0) is 0 Å². The molecule has 2 amide bonds. The highest BCUT2D eigenvalue weighted by Gasteiger charge is 2.27. The number of amides is 2. The predicted octanol–water partition coefficient (Wildman–Crippen LogP) is 3.44. The van der Waals surface area contributed by atoms with Crippen molar-refractivity contribution in [2.45, 2.75) is 12.2 Å². The van der Waals surface area contributed by atoms with Crippen molar-refractivity contribution in [3.8, 4) is 17.2 Å². The third-order valence-corrected chi connectivity index (χ3v) is 5.47. The van der Waals surface area contributed by atoms with Gasteiger partial charge in [-0.1, -0.05) is 12.1 Å². The molecule has 1 heterocycles. The number of carbonyl (C=O) groups is 2. The third-order valence-electron chi connectivity index (χ3n) is 5.47. The average Bonchev–Trinajstić information content (AvgIpc) is 3.23. The van der Waals surface area contributed by atoms with Crippen LogP contribution in [0.4, 0.5) is 16.2 Å². The molecule has 0 fully saturated rings. The Kier molecular flexibility index (Phi) is 7.04. The van der Waals surface area contributed by atoms with Gasteiger partial charge < -0.3 is 40.6 Å². The number of aromatic hydroxyl groups is 2. The minimum atomic E-state index is -1.33. The van der Waals surface area contributed by atoms with Gasteiger partial charge in [-0.25, -0.2) is 4.79 Å². The van der Waals surface area contributed by atoms with Crippen molar-refractivity contribution >= 4 is 34.2 Å². The highest BCUT2D eigenvalue weighted by Crippen LogP contribution is 2.37. The lowest BCUT2D eigenvalue weighted by atomic mass is 10.0. The Labute approximate surface area is 208 Å². The summed E-state index contributed by atoms with van der Waals surface area (Å²) in [5.41, 5.74) is 5.75. The van der Waals surface area contributed by atoms with Crippen LogP contribution in [0.5, 0.6) is 17.2 Å². The first-order chi connectivity index (χ1) is 17.7. The summed E-state index contributed by atoms with van der Waals surface area (Å²) in [4.78, 5) is 35.5. The Morgan fingerprint density at radius 1 is 1.05 bits per heavy atom. The maximum atomic E-state index is 13.1. The maximum absolute atomic E-state index is 13.1. The van der Waals surface area contributed by atoms with Crippen LogP contribution in [-0.4, -0.2) is 45.0 Å². The highest BCUT2D eigenvalue weighted by molar-refractivity contribution is 6.18. The summed E-state index contributed by atoms with van der Waals surface area (Å²) in [6, 6.07) is 12.6. The van der Waals surface area contributed by atoms with Crippen molar-refractivity contribution in [2.75, 3.05) is 11.9 Å². The fourth-order valence-corrected chi connectivity index (χ4v) is 3.73. The molecule has 0 radical (unpaired) electrons. The lowest BCUT2D eigenvalue weighted by Crippen LogP contribution is -2.27. The van der Waals surface area contributed by atoms with Gasteiger partial charge in [0.2, 0.25) is 5.78 Å². The first kappa shape index (κ1) is 25.2. The van der Waals surface area contributed by atoms with Crippen molar-refractivity contribution in [3.63, 3.8) is 0 Å². The molecule has 7 N–H and O–H groups in total. The molecule has 190 valence electrons. The van der Waals surface area contributed by atoms with E-state index in [-0.39, 0.29) is 45.2 Å². The minimum Gasteiger partial charge on any atom is -0.508 e. The summed E-state index contributed by atoms with van der Waals surface area (Å²) in [6.07, 6.45) is -2.37. The number of urea groups is 1. The molecule has 0 spiro atoms. The Bertz CT molecular complexity index is 1480. The van der Waals surface area contributed by atoms with E-state index in [2.05, 4.69) is 10.5 Å². The largest absolute Gasteiger partial charge is 0.508 e. The summed E-state index contributed by atoms with van der Waals surface area (Å²) in [7, 11) is 0. The second-order valence-corrected chi connectivity index (χ2v) is 7.96. The molecule has 0 saturated carbocycles. The average molecular weight is 507 g/mol. The molecular formula is C25H21N3O9. The molecule has 0 bridgehead atoms. The van der Waals surface area contributed by atoms with E-state index in [0.29, 0.717) is 5.56 Å². The van der Waals surface area contributed by atoms with Crippen LogP contribution < -0.4 is 15.8 Å². The molecule has 0 aliphatic rings. The van der Waals surface area contributed by atoms with Crippen LogP contribution in [0.1, 0.15) is 27.8 Å². The van der Waals surface area contributed by atoms with E-state index >= 15 is 0 Å². The molecule has 2 unspecified atom stereocenters. The summed E-state index contributed by atoms with van der Waals surface area (Å²) in [5.74, 6) is -1.72. The van der Waals surface area contributed by atoms with E-state index in [9.17, 15) is 34.9 Å². The topological polar surface area (TPSA) is 205 Å². The van der Waals surface area contributed by atoms with Gasteiger partial charge in [0.05, 0.1) is 12.2 Å². The molecule has 12 nitrogen and oxygen atoms in total. The van der Waals surface area contributed by atoms with Gasteiger partial charge in [-0.15, -0.1) is 4.91 Å². The zero-order valence-electron chi connectivity index (χ0n) is 19.0. The fourth-order valence-electron chi connectivity index (χ4n) is 3.73. The number of aliphatic hydroxyl groups excluding tert-OH is 2. The second kappa shape index (κ2) is 10.4. The van der Waals surface area contributed by atoms with Gasteiger partial charge in [-0.2, -0.15) is 0 Å². The SMILES string of the molecule is NC(=O)Nc1c(C(=O)c2ccc(O)cc2O)oc2cc(OC(c3ccc(N=O)cc3)C(O)CO)ccc12. The van der Waals surface area contributed by atoms with E-state index < -0.39 is 36.4 Å². The van der Waals surface area contributed by atoms with E-state index in [1.165, 1.54) is 54.6 Å². The quantitative estimate of drug-likeness (QED) is 0.145. The van der Waals surface area contributed by atoms with E-state index in [1.807, 2.05) is 0 Å². The predicted molar refractivity (Wildman–Crippen MR) is 131 cm³/mol. The molecule has 4 aromatic rings. The number of hydrogen-bond acceptors (Lipinski definition) is 10. The Morgan fingerprint density at radius 3 is 2.41 bits per heavy atom. The van der Waals surface area contributed by atoms with Crippen molar-refractivity contribution < 1.29 is 39.2 Å². The van der Waals surface area contributed by atoms with Crippen molar-refractivity contribution in [1.29, 1.82) is 0 Å². The number of hydrogen-bond donors (Lipinski definition) is 6. The number of phenolic OH excluding ortho intramolecular Hbond substituents is 2.